The van der Waals surface area contributed by atoms with Gasteiger partial charge in [0.05, 0.1) is 5.92 Å². The number of hydrogen-bond donors (Lipinski definition) is 2. The number of urea groups is 1. The van der Waals surface area contributed by atoms with Gasteiger partial charge in [-0.2, -0.15) is 0 Å². The minimum Gasteiger partial charge on any atom is -0.481 e. The summed E-state index contributed by atoms with van der Waals surface area (Å²) in [5.41, 5.74) is 1.70. The lowest BCUT2D eigenvalue weighted by Gasteiger charge is -2.17. The van der Waals surface area contributed by atoms with Crippen molar-refractivity contribution in [2.45, 2.75) is 13.3 Å². The molecule has 0 radical (unpaired) electrons. The summed E-state index contributed by atoms with van der Waals surface area (Å²) >= 11 is 3.36. The highest BCUT2D eigenvalue weighted by atomic mass is 79.9. The van der Waals surface area contributed by atoms with Gasteiger partial charge in [-0.25, -0.2) is 4.79 Å². The van der Waals surface area contributed by atoms with Gasteiger partial charge in [-0.1, -0.05) is 22.0 Å². The normalized spacial score (nSPS) is 18.4. The molecule has 1 aromatic rings. The Kier molecular flexibility index (Phi) is 4.09. The Morgan fingerprint density at radius 3 is 2.84 bits per heavy atom. The van der Waals surface area contributed by atoms with Gasteiger partial charge >= 0.3 is 12.0 Å². The summed E-state index contributed by atoms with van der Waals surface area (Å²) in [5, 5.41) is 11.7. The molecule has 1 aliphatic heterocycles. The van der Waals surface area contributed by atoms with Gasteiger partial charge < -0.3 is 15.3 Å². The molecule has 2 rings (SSSR count). The fraction of sp³-hybridized carbons (Fsp3) is 0.385. The zero-order chi connectivity index (χ0) is 14.0. The van der Waals surface area contributed by atoms with Crippen LogP contribution in [0.25, 0.3) is 0 Å². The first-order valence-electron chi connectivity index (χ1n) is 6.02. The molecule has 19 heavy (non-hydrogen) atoms. The first kappa shape index (κ1) is 13.9. The van der Waals surface area contributed by atoms with E-state index >= 15 is 0 Å². The van der Waals surface area contributed by atoms with E-state index in [9.17, 15) is 9.59 Å². The molecule has 1 atom stereocenters. The third-order valence-corrected chi connectivity index (χ3v) is 3.76. The number of carboxylic acid groups (broad SMARTS) is 1. The molecule has 1 fully saturated rings. The van der Waals surface area contributed by atoms with Crippen molar-refractivity contribution in [3.8, 4) is 0 Å². The van der Waals surface area contributed by atoms with Crippen molar-refractivity contribution < 1.29 is 14.7 Å². The molecule has 1 heterocycles. The van der Waals surface area contributed by atoms with Gasteiger partial charge in [-0.15, -0.1) is 0 Å². The SMILES string of the molecule is Cc1ccc(Br)cc1NC(=O)N1CCC(C(=O)O)C1. The molecule has 0 aliphatic carbocycles. The number of aliphatic carboxylic acids is 1. The van der Waals surface area contributed by atoms with Gasteiger partial charge in [0.25, 0.3) is 0 Å². The molecule has 1 aromatic carbocycles. The van der Waals surface area contributed by atoms with E-state index in [0.717, 1.165) is 15.7 Å². The number of rotatable bonds is 2. The quantitative estimate of drug-likeness (QED) is 0.877. The molecule has 0 bridgehead atoms. The van der Waals surface area contributed by atoms with E-state index in [1.807, 2.05) is 25.1 Å². The van der Waals surface area contributed by atoms with Crippen molar-refractivity contribution in [2.75, 3.05) is 18.4 Å². The second-order valence-corrected chi connectivity index (χ2v) is 5.57. The van der Waals surface area contributed by atoms with Crippen LogP contribution in [0.3, 0.4) is 0 Å². The van der Waals surface area contributed by atoms with Gasteiger partial charge in [0.15, 0.2) is 0 Å². The van der Waals surface area contributed by atoms with Crippen LogP contribution in [0.15, 0.2) is 22.7 Å². The number of carboxylic acids is 1. The van der Waals surface area contributed by atoms with Crippen LogP contribution in [0.4, 0.5) is 10.5 Å². The van der Waals surface area contributed by atoms with Gasteiger partial charge in [0, 0.05) is 23.2 Å². The maximum atomic E-state index is 12.1. The van der Waals surface area contributed by atoms with E-state index < -0.39 is 11.9 Å². The van der Waals surface area contributed by atoms with Crippen molar-refractivity contribution in [3.63, 3.8) is 0 Å². The predicted molar refractivity (Wildman–Crippen MR) is 75.2 cm³/mol. The number of anilines is 1. The van der Waals surface area contributed by atoms with Crippen LogP contribution in [0.2, 0.25) is 0 Å². The largest absolute Gasteiger partial charge is 0.481 e. The number of carbonyl (C=O) groups excluding carboxylic acids is 1. The maximum absolute atomic E-state index is 12.1. The smallest absolute Gasteiger partial charge is 0.321 e. The van der Waals surface area contributed by atoms with Crippen molar-refractivity contribution in [1.82, 2.24) is 4.90 Å². The lowest BCUT2D eigenvalue weighted by atomic mass is 10.1. The minimum atomic E-state index is -0.839. The van der Waals surface area contributed by atoms with E-state index in [4.69, 9.17) is 5.11 Å². The van der Waals surface area contributed by atoms with Gasteiger partial charge in [0.2, 0.25) is 0 Å². The Balaban J connectivity index is 2.02. The van der Waals surface area contributed by atoms with Crippen LogP contribution in [0.1, 0.15) is 12.0 Å². The number of hydrogen-bond acceptors (Lipinski definition) is 2. The van der Waals surface area contributed by atoms with Gasteiger partial charge in [0.1, 0.15) is 0 Å². The van der Waals surface area contributed by atoms with E-state index in [1.165, 1.54) is 0 Å². The summed E-state index contributed by atoms with van der Waals surface area (Å²) in [4.78, 5) is 24.5. The number of nitrogens with zero attached hydrogens (tertiary/aromatic N) is 1. The first-order chi connectivity index (χ1) is 8.97. The first-order valence-corrected chi connectivity index (χ1v) is 6.81. The van der Waals surface area contributed by atoms with E-state index in [1.54, 1.807) is 4.90 Å². The lowest BCUT2D eigenvalue weighted by molar-refractivity contribution is -0.141. The van der Waals surface area contributed by atoms with E-state index in [-0.39, 0.29) is 12.6 Å². The lowest BCUT2D eigenvalue weighted by Crippen LogP contribution is -2.34. The minimum absolute atomic E-state index is 0.245. The number of halogens is 1. The molecular formula is C13H15BrN2O3. The van der Waals surface area contributed by atoms with Crippen molar-refractivity contribution in [2.24, 2.45) is 5.92 Å². The highest BCUT2D eigenvalue weighted by molar-refractivity contribution is 9.10. The maximum Gasteiger partial charge on any atom is 0.321 e. The molecule has 1 saturated heterocycles. The molecule has 5 nitrogen and oxygen atoms in total. The van der Waals surface area contributed by atoms with Crippen LogP contribution in [0.5, 0.6) is 0 Å². The number of aryl methyl sites for hydroxylation is 1. The Morgan fingerprint density at radius 2 is 2.21 bits per heavy atom. The molecule has 0 aromatic heterocycles. The summed E-state index contributed by atoms with van der Waals surface area (Å²) in [5.74, 6) is -1.29. The number of likely N-dealkylation sites (tertiary alicyclic amines) is 1. The van der Waals surface area contributed by atoms with Gasteiger partial charge in [-0.3, -0.25) is 4.79 Å². The van der Waals surface area contributed by atoms with Crippen LogP contribution < -0.4 is 5.32 Å². The van der Waals surface area contributed by atoms with Crippen molar-refractivity contribution >= 4 is 33.6 Å². The molecule has 2 amide bonds. The van der Waals surface area contributed by atoms with Gasteiger partial charge in [-0.05, 0) is 31.0 Å². The van der Waals surface area contributed by atoms with Crippen LogP contribution in [-0.4, -0.2) is 35.1 Å². The molecule has 0 spiro atoms. The molecular weight excluding hydrogens is 312 g/mol. The fourth-order valence-electron chi connectivity index (χ4n) is 2.07. The summed E-state index contributed by atoms with van der Waals surface area (Å²) < 4.78 is 0.887. The average Bonchev–Trinajstić information content (AvgIpc) is 2.83. The Labute approximate surface area is 119 Å². The summed E-state index contributed by atoms with van der Waals surface area (Å²) in [7, 11) is 0. The topological polar surface area (TPSA) is 69.6 Å². The molecule has 1 aliphatic rings. The summed E-state index contributed by atoms with van der Waals surface area (Å²) in [6.45, 7) is 2.66. The summed E-state index contributed by atoms with van der Waals surface area (Å²) in [6.07, 6.45) is 0.514. The Hall–Kier alpha value is -1.56. The third-order valence-electron chi connectivity index (χ3n) is 3.27. The number of nitrogens with one attached hydrogen (secondary N) is 1. The molecule has 2 N–H and O–H groups in total. The van der Waals surface area contributed by atoms with Crippen LogP contribution in [0, 0.1) is 12.8 Å². The number of carbonyl (C=O) groups is 2. The molecule has 102 valence electrons. The van der Waals surface area contributed by atoms with Crippen molar-refractivity contribution in [1.29, 1.82) is 0 Å². The summed E-state index contributed by atoms with van der Waals surface area (Å²) in [6, 6.07) is 5.40. The van der Waals surface area contributed by atoms with Crippen LogP contribution >= 0.6 is 15.9 Å². The zero-order valence-corrected chi connectivity index (χ0v) is 12.1. The van der Waals surface area contributed by atoms with Crippen molar-refractivity contribution in [3.05, 3.63) is 28.2 Å². The Morgan fingerprint density at radius 1 is 1.47 bits per heavy atom. The average molecular weight is 327 g/mol. The molecule has 1 unspecified atom stereocenters. The molecule has 6 heteroatoms. The van der Waals surface area contributed by atoms with E-state index in [0.29, 0.717) is 13.0 Å². The Bertz CT molecular complexity index is 519. The standard InChI is InChI=1S/C13H15BrN2O3/c1-8-2-3-10(14)6-11(8)15-13(19)16-5-4-9(7-16)12(17)18/h2-3,6,9H,4-5,7H2,1H3,(H,15,19)(H,17,18). The zero-order valence-electron chi connectivity index (χ0n) is 10.5. The van der Waals surface area contributed by atoms with Crippen LogP contribution in [-0.2, 0) is 4.79 Å². The number of amides is 2. The predicted octanol–water partition coefficient (Wildman–Crippen LogP) is 2.70. The second-order valence-electron chi connectivity index (χ2n) is 4.66. The molecule has 0 saturated carbocycles. The fourth-order valence-corrected chi connectivity index (χ4v) is 2.43. The second kappa shape index (κ2) is 5.61. The monoisotopic (exact) mass is 326 g/mol. The highest BCUT2D eigenvalue weighted by Crippen LogP contribution is 2.22. The third kappa shape index (κ3) is 3.26. The highest BCUT2D eigenvalue weighted by Gasteiger charge is 2.30. The van der Waals surface area contributed by atoms with E-state index in [2.05, 4.69) is 21.2 Å². The number of benzene rings is 1.